The lowest BCUT2D eigenvalue weighted by atomic mass is 9.48. The first-order valence-corrected chi connectivity index (χ1v) is 13.0. The maximum atomic E-state index is 12.7. The van der Waals surface area contributed by atoms with Crippen molar-refractivity contribution in [2.24, 2.45) is 34.5 Å². The summed E-state index contributed by atoms with van der Waals surface area (Å²) < 4.78 is 12.7. The number of carbonyl (C=O) groups is 3. The van der Waals surface area contributed by atoms with Gasteiger partial charge in [0.25, 0.3) is 0 Å². The Morgan fingerprint density at radius 2 is 1.81 bits per heavy atom. The molecule has 0 aromatic rings. The summed E-state index contributed by atoms with van der Waals surface area (Å²) in [6.07, 6.45) is 12.3. The summed E-state index contributed by atoms with van der Waals surface area (Å²) in [5, 5.41) is 7.79. The summed E-state index contributed by atoms with van der Waals surface area (Å²) in [4.78, 5) is 33.6. The van der Waals surface area contributed by atoms with Crippen LogP contribution < -0.4 is 0 Å². The van der Waals surface area contributed by atoms with Crippen molar-refractivity contribution in [2.75, 3.05) is 6.01 Å². The maximum Gasteiger partial charge on any atom is 0.303 e. The van der Waals surface area contributed by atoms with Crippen molar-refractivity contribution in [1.82, 2.24) is 0 Å². The molecule has 3 fully saturated rings. The third-order valence-corrected chi connectivity index (χ3v) is 9.02. The molecule has 4 rings (SSSR count). The van der Waals surface area contributed by atoms with E-state index in [1.54, 1.807) is 13.0 Å². The van der Waals surface area contributed by atoms with Gasteiger partial charge >= 0.3 is 5.97 Å². The minimum atomic E-state index is -0.745. The second kappa shape index (κ2) is 11.1. The molecule has 1 N–H and O–H groups in total. The van der Waals surface area contributed by atoms with Crippen molar-refractivity contribution in [2.45, 2.75) is 79.6 Å². The highest BCUT2D eigenvalue weighted by Gasteiger charge is 2.59. The highest BCUT2D eigenvalue weighted by molar-refractivity contribution is 8.13. The molecule has 4 aliphatic carbocycles. The smallest absolute Gasteiger partial charge is 0.303 e. The van der Waals surface area contributed by atoms with E-state index in [0.29, 0.717) is 17.8 Å². The fraction of sp³-hybridized carbons (Fsp3) is 0.731. The van der Waals surface area contributed by atoms with E-state index in [4.69, 9.17) is 5.11 Å². The number of rotatable bonds is 3. The first-order valence-electron chi connectivity index (χ1n) is 12.1. The van der Waals surface area contributed by atoms with Gasteiger partial charge in [0.15, 0.2) is 10.9 Å². The SMILES string of the molecule is CC.CC12C=CC(=O)C=C1CCC1C2CCC2(C)C(C(=O)SCF)CCC12.CCC(=O)O. The van der Waals surface area contributed by atoms with Crippen LogP contribution in [-0.2, 0) is 14.4 Å². The molecule has 0 aromatic carbocycles. The average Bonchev–Trinajstić information content (AvgIpc) is 3.13. The van der Waals surface area contributed by atoms with Gasteiger partial charge in [-0.1, -0.05) is 58.0 Å². The van der Waals surface area contributed by atoms with Crippen LogP contribution in [0.15, 0.2) is 23.8 Å². The number of ketones is 1. The van der Waals surface area contributed by atoms with Crippen LogP contribution in [0.5, 0.6) is 0 Å². The summed E-state index contributed by atoms with van der Waals surface area (Å²) >= 11 is 0.867. The minimum Gasteiger partial charge on any atom is -0.481 e. The van der Waals surface area contributed by atoms with Gasteiger partial charge in [0.05, 0.1) is 0 Å². The average molecular weight is 467 g/mol. The summed E-state index contributed by atoms with van der Waals surface area (Å²) in [7, 11) is 0. The second-order valence-electron chi connectivity index (χ2n) is 9.60. The molecular weight excluding hydrogens is 427 g/mol. The summed E-state index contributed by atoms with van der Waals surface area (Å²) in [5.41, 5.74) is 1.35. The molecule has 4 nitrogen and oxygen atoms in total. The molecule has 0 heterocycles. The number of aliphatic carboxylic acids is 1. The third-order valence-electron chi connectivity index (χ3n) is 8.34. The van der Waals surface area contributed by atoms with E-state index in [1.807, 2.05) is 19.9 Å². The standard InChI is InChI=1S/C21H27FO2S.C3H6O2.C2H6/c1-20-9-7-14(23)11-13(20)3-4-15-16-5-6-18(19(24)25-12-22)21(16,2)10-8-17(15)20;1-2-3(4)5;1-2/h7,9,11,15-18H,3-6,8,10,12H2,1-2H3;2H2,1H3,(H,4,5);1-2H3. The molecule has 180 valence electrons. The zero-order chi connectivity index (χ0) is 24.1. The van der Waals surface area contributed by atoms with E-state index < -0.39 is 12.0 Å². The van der Waals surface area contributed by atoms with Crippen LogP contribution in [0.1, 0.15) is 79.6 Å². The van der Waals surface area contributed by atoms with Crippen molar-refractivity contribution in [1.29, 1.82) is 0 Å². The number of allylic oxidation sites excluding steroid dienone is 4. The number of carbonyl (C=O) groups excluding carboxylic acids is 2. The first-order chi connectivity index (χ1) is 15.2. The molecule has 0 aromatic heterocycles. The van der Waals surface area contributed by atoms with Gasteiger partial charge in [-0.25, -0.2) is 4.39 Å². The highest BCUT2D eigenvalue weighted by Crippen LogP contribution is 2.66. The number of hydrogen-bond acceptors (Lipinski definition) is 4. The molecular formula is C26H39FO4S. The number of fused-ring (bicyclic) bond motifs is 5. The summed E-state index contributed by atoms with van der Waals surface area (Å²) in [6, 6.07) is -0.604. The number of carboxylic acids is 1. The molecule has 0 bridgehead atoms. The zero-order valence-corrected chi connectivity index (χ0v) is 21.0. The van der Waals surface area contributed by atoms with E-state index in [0.717, 1.165) is 50.3 Å². The van der Waals surface area contributed by atoms with Crippen LogP contribution in [0.3, 0.4) is 0 Å². The van der Waals surface area contributed by atoms with Crippen molar-refractivity contribution in [3.05, 3.63) is 23.8 Å². The monoisotopic (exact) mass is 466 g/mol. The van der Waals surface area contributed by atoms with Crippen molar-refractivity contribution >= 4 is 28.6 Å². The normalized spacial score (nSPS) is 36.8. The van der Waals surface area contributed by atoms with Crippen LogP contribution in [0, 0.1) is 34.5 Å². The van der Waals surface area contributed by atoms with Crippen molar-refractivity contribution in [3.8, 4) is 0 Å². The zero-order valence-electron chi connectivity index (χ0n) is 20.2. The van der Waals surface area contributed by atoms with E-state index in [-0.39, 0.29) is 34.1 Å². The fourth-order valence-corrected chi connectivity index (χ4v) is 7.44. The van der Waals surface area contributed by atoms with Gasteiger partial charge in [-0.15, -0.1) is 0 Å². The van der Waals surface area contributed by atoms with Crippen LogP contribution in [0.4, 0.5) is 4.39 Å². The summed E-state index contributed by atoms with van der Waals surface area (Å²) in [6.45, 7) is 10.2. The Hall–Kier alpha value is -1.43. The quantitative estimate of drug-likeness (QED) is 0.507. The number of halogens is 1. The number of alkyl halides is 1. The number of thioether (sulfide) groups is 1. The van der Waals surface area contributed by atoms with Gasteiger partial charge in [0, 0.05) is 17.8 Å². The lowest BCUT2D eigenvalue weighted by Gasteiger charge is -2.56. The van der Waals surface area contributed by atoms with Crippen LogP contribution in [0.25, 0.3) is 0 Å². The minimum absolute atomic E-state index is 0.00788. The third kappa shape index (κ3) is 5.05. The molecule has 0 aliphatic heterocycles. The van der Waals surface area contributed by atoms with Gasteiger partial charge in [0.2, 0.25) is 0 Å². The Morgan fingerprint density at radius 1 is 1.16 bits per heavy atom. The van der Waals surface area contributed by atoms with Gasteiger partial charge in [-0.2, -0.15) is 0 Å². The largest absolute Gasteiger partial charge is 0.481 e. The van der Waals surface area contributed by atoms with E-state index >= 15 is 0 Å². The Kier molecular flexibility index (Phi) is 9.33. The predicted molar refractivity (Wildman–Crippen MR) is 128 cm³/mol. The van der Waals surface area contributed by atoms with Gasteiger partial charge in [-0.3, -0.25) is 14.4 Å². The lowest BCUT2D eigenvalue weighted by molar-refractivity contribution is -0.136. The molecule has 32 heavy (non-hydrogen) atoms. The summed E-state index contributed by atoms with van der Waals surface area (Å²) in [5.74, 6) is 1.15. The molecule has 3 saturated carbocycles. The van der Waals surface area contributed by atoms with Crippen molar-refractivity contribution < 1.29 is 23.9 Å². The maximum absolute atomic E-state index is 12.7. The lowest BCUT2D eigenvalue weighted by Crippen LogP contribution is -2.50. The van der Waals surface area contributed by atoms with Crippen LogP contribution >= 0.6 is 11.8 Å². The van der Waals surface area contributed by atoms with Crippen LogP contribution in [-0.4, -0.2) is 28.0 Å². The van der Waals surface area contributed by atoms with E-state index in [1.165, 1.54) is 5.57 Å². The number of carboxylic acid groups (broad SMARTS) is 1. The van der Waals surface area contributed by atoms with Gasteiger partial charge < -0.3 is 5.11 Å². The van der Waals surface area contributed by atoms with Gasteiger partial charge in [-0.05, 0) is 73.8 Å². The molecule has 6 atom stereocenters. The molecule has 0 amide bonds. The molecule has 4 aliphatic rings. The van der Waals surface area contributed by atoms with Crippen molar-refractivity contribution in [3.63, 3.8) is 0 Å². The fourth-order valence-electron chi connectivity index (χ4n) is 6.74. The highest BCUT2D eigenvalue weighted by atomic mass is 32.2. The Bertz CT molecular complexity index is 776. The Balaban J connectivity index is 0.000000460. The topological polar surface area (TPSA) is 71.4 Å². The molecule has 6 heteroatoms. The molecule has 6 unspecified atom stereocenters. The van der Waals surface area contributed by atoms with E-state index in [9.17, 15) is 18.8 Å². The Morgan fingerprint density at radius 3 is 2.41 bits per heavy atom. The Labute approximate surface area is 196 Å². The molecule has 0 saturated heterocycles. The van der Waals surface area contributed by atoms with Gasteiger partial charge in [0.1, 0.15) is 6.01 Å². The van der Waals surface area contributed by atoms with E-state index in [2.05, 4.69) is 19.9 Å². The second-order valence-corrected chi connectivity index (χ2v) is 10.5. The number of hydrogen-bond donors (Lipinski definition) is 1. The predicted octanol–water partition coefficient (Wildman–Crippen LogP) is 6.60. The molecule has 0 radical (unpaired) electrons. The molecule has 0 spiro atoms. The first kappa shape index (κ1) is 26.8. The van der Waals surface area contributed by atoms with Crippen LogP contribution in [0.2, 0.25) is 0 Å².